The second-order valence-electron chi connectivity index (χ2n) is 6.34. The van der Waals surface area contributed by atoms with Crippen molar-refractivity contribution in [3.05, 3.63) is 66.2 Å². The SMILES string of the molecule is CC(C)NC(=O)[C@@H](NC(=O)CCCOc1ccccc1)c1ccccc1. The highest BCUT2D eigenvalue weighted by atomic mass is 16.5. The number of para-hydroxylation sites is 1. The van der Waals surface area contributed by atoms with Gasteiger partial charge in [-0.05, 0) is 38.0 Å². The molecule has 0 aliphatic heterocycles. The Morgan fingerprint density at radius 3 is 2.15 bits per heavy atom. The van der Waals surface area contributed by atoms with Gasteiger partial charge in [0.05, 0.1) is 6.61 Å². The van der Waals surface area contributed by atoms with Crippen LogP contribution in [0.5, 0.6) is 5.75 Å². The van der Waals surface area contributed by atoms with Gasteiger partial charge in [-0.3, -0.25) is 9.59 Å². The molecule has 2 aromatic carbocycles. The number of benzene rings is 2. The molecule has 0 aliphatic rings. The minimum absolute atomic E-state index is 0.00452. The Morgan fingerprint density at radius 1 is 0.923 bits per heavy atom. The smallest absolute Gasteiger partial charge is 0.247 e. The third kappa shape index (κ3) is 6.59. The number of carbonyl (C=O) groups is 2. The van der Waals surface area contributed by atoms with E-state index < -0.39 is 6.04 Å². The maximum Gasteiger partial charge on any atom is 0.247 e. The maximum atomic E-state index is 12.5. The van der Waals surface area contributed by atoms with E-state index in [1.807, 2.05) is 74.5 Å². The van der Waals surface area contributed by atoms with Crippen molar-refractivity contribution in [2.75, 3.05) is 6.61 Å². The van der Waals surface area contributed by atoms with Gasteiger partial charge in [-0.15, -0.1) is 0 Å². The monoisotopic (exact) mass is 354 g/mol. The second kappa shape index (κ2) is 10.2. The number of hydrogen-bond acceptors (Lipinski definition) is 3. The fraction of sp³-hybridized carbons (Fsp3) is 0.333. The van der Waals surface area contributed by atoms with Gasteiger partial charge in [0, 0.05) is 12.5 Å². The van der Waals surface area contributed by atoms with Crippen LogP contribution in [0.25, 0.3) is 0 Å². The zero-order valence-corrected chi connectivity index (χ0v) is 15.3. The molecule has 0 unspecified atom stereocenters. The molecule has 0 heterocycles. The molecule has 2 amide bonds. The van der Waals surface area contributed by atoms with Gasteiger partial charge in [-0.1, -0.05) is 48.5 Å². The zero-order valence-electron chi connectivity index (χ0n) is 15.3. The molecule has 0 bridgehead atoms. The third-order valence-corrected chi connectivity index (χ3v) is 3.69. The lowest BCUT2D eigenvalue weighted by Gasteiger charge is -2.20. The van der Waals surface area contributed by atoms with Gasteiger partial charge in [-0.2, -0.15) is 0 Å². The molecule has 0 fully saturated rings. The Morgan fingerprint density at radius 2 is 1.54 bits per heavy atom. The molecule has 138 valence electrons. The van der Waals surface area contributed by atoms with E-state index in [9.17, 15) is 9.59 Å². The van der Waals surface area contributed by atoms with Gasteiger partial charge < -0.3 is 15.4 Å². The second-order valence-corrected chi connectivity index (χ2v) is 6.34. The highest BCUT2D eigenvalue weighted by Gasteiger charge is 2.22. The first-order valence-electron chi connectivity index (χ1n) is 8.89. The van der Waals surface area contributed by atoms with Crippen LogP contribution < -0.4 is 15.4 Å². The molecule has 2 rings (SSSR count). The van der Waals surface area contributed by atoms with E-state index >= 15 is 0 Å². The van der Waals surface area contributed by atoms with Gasteiger partial charge in [-0.25, -0.2) is 0 Å². The van der Waals surface area contributed by atoms with Crippen molar-refractivity contribution in [1.29, 1.82) is 0 Å². The standard InChI is InChI=1S/C21H26N2O3/c1-16(2)22-21(25)20(17-10-5-3-6-11-17)23-19(24)14-9-15-26-18-12-7-4-8-13-18/h3-8,10-13,16,20H,9,14-15H2,1-2H3,(H,22,25)(H,23,24)/t20-/m0/s1. The van der Waals surface area contributed by atoms with E-state index in [4.69, 9.17) is 4.74 Å². The number of nitrogens with one attached hydrogen (secondary N) is 2. The molecule has 0 saturated heterocycles. The molecule has 1 atom stereocenters. The Kier molecular flexibility index (Phi) is 7.68. The number of ether oxygens (including phenoxy) is 1. The number of carbonyl (C=O) groups excluding carboxylic acids is 2. The lowest BCUT2D eigenvalue weighted by atomic mass is 10.1. The molecule has 2 N–H and O–H groups in total. The predicted octanol–water partition coefficient (Wildman–Crippen LogP) is 3.23. The average Bonchev–Trinajstić information content (AvgIpc) is 2.64. The molecule has 0 radical (unpaired) electrons. The highest BCUT2D eigenvalue weighted by Crippen LogP contribution is 2.14. The van der Waals surface area contributed by atoms with Crippen molar-refractivity contribution < 1.29 is 14.3 Å². The van der Waals surface area contributed by atoms with Crippen molar-refractivity contribution in [3.63, 3.8) is 0 Å². The van der Waals surface area contributed by atoms with E-state index in [1.54, 1.807) is 0 Å². The van der Waals surface area contributed by atoms with Crippen molar-refractivity contribution in [2.24, 2.45) is 0 Å². The largest absolute Gasteiger partial charge is 0.494 e. The molecular weight excluding hydrogens is 328 g/mol. The summed E-state index contributed by atoms with van der Waals surface area (Å²) in [5.41, 5.74) is 0.763. The fourth-order valence-electron chi connectivity index (χ4n) is 2.49. The highest BCUT2D eigenvalue weighted by molar-refractivity contribution is 5.88. The van der Waals surface area contributed by atoms with E-state index in [0.29, 0.717) is 19.4 Å². The molecule has 0 spiro atoms. The predicted molar refractivity (Wildman–Crippen MR) is 102 cm³/mol. The van der Waals surface area contributed by atoms with Crippen LogP contribution in [0, 0.1) is 0 Å². The number of hydrogen-bond donors (Lipinski definition) is 2. The van der Waals surface area contributed by atoms with Crippen molar-refractivity contribution in [3.8, 4) is 5.75 Å². The summed E-state index contributed by atoms with van der Waals surface area (Å²) in [7, 11) is 0. The lowest BCUT2D eigenvalue weighted by Crippen LogP contribution is -2.42. The number of amides is 2. The van der Waals surface area contributed by atoms with Crippen LogP contribution in [0.4, 0.5) is 0 Å². The minimum Gasteiger partial charge on any atom is -0.494 e. The summed E-state index contributed by atoms with van der Waals surface area (Å²) >= 11 is 0. The van der Waals surface area contributed by atoms with Gasteiger partial charge in [0.25, 0.3) is 0 Å². The summed E-state index contributed by atoms with van der Waals surface area (Å²) < 4.78 is 5.59. The Balaban J connectivity index is 1.86. The summed E-state index contributed by atoms with van der Waals surface area (Å²) in [6.07, 6.45) is 0.874. The summed E-state index contributed by atoms with van der Waals surface area (Å²) in [6, 6.07) is 18.0. The molecule has 0 aliphatic carbocycles. The summed E-state index contributed by atoms with van der Waals surface area (Å²) in [5, 5.41) is 5.69. The maximum absolute atomic E-state index is 12.5. The van der Waals surface area contributed by atoms with Gasteiger partial charge in [0.1, 0.15) is 11.8 Å². The van der Waals surface area contributed by atoms with Crippen molar-refractivity contribution >= 4 is 11.8 Å². The lowest BCUT2D eigenvalue weighted by molar-refractivity contribution is -0.129. The first-order chi connectivity index (χ1) is 12.6. The van der Waals surface area contributed by atoms with Gasteiger partial charge in [0.2, 0.25) is 11.8 Å². The molecule has 0 aromatic heterocycles. The molecule has 0 saturated carbocycles. The van der Waals surface area contributed by atoms with Gasteiger partial charge >= 0.3 is 0 Å². The van der Waals surface area contributed by atoms with E-state index in [1.165, 1.54) is 0 Å². The minimum atomic E-state index is -0.693. The van der Waals surface area contributed by atoms with Gasteiger partial charge in [0.15, 0.2) is 0 Å². The van der Waals surface area contributed by atoms with Crippen LogP contribution in [0.2, 0.25) is 0 Å². The van der Waals surface area contributed by atoms with Crippen LogP contribution >= 0.6 is 0 Å². The van der Waals surface area contributed by atoms with E-state index in [2.05, 4.69) is 10.6 Å². The molecule has 5 nitrogen and oxygen atoms in total. The Hall–Kier alpha value is -2.82. The zero-order chi connectivity index (χ0) is 18.8. The third-order valence-electron chi connectivity index (χ3n) is 3.69. The summed E-state index contributed by atoms with van der Waals surface area (Å²) in [6.45, 7) is 4.23. The average molecular weight is 354 g/mol. The van der Waals surface area contributed by atoms with Crippen molar-refractivity contribution in [1.82, 2.24) is 10.6 Å². The van der Waals surface area contributed by atoms with Crippen LogP contribution in [-0.4, -0.2) is 24.5 Å². The van der Waals surface area contributed by atoms with Crippen LogP contribution in [-0.2, 0) is 9.59 Å². The van der Waals surface area contributed by atoms with E-state index in [0.717, 1.165) is 11.3 Å². The Labute approximate surface area is 154 Å². The topological polar surface area (TPSA) is 67.4 Å². The van der Waals surface area contributed by atoms with Crippen molar-refractivity contribution in [2.45, 2.75) is 38.8 Å². The molecule has 5 heteroatoms. The van der Waals surface area contributed by atoms with E-state index in [-0.39, 0.29) is 17.9 Å². The molecule has 26 heavy (non-hydrogen) atoms. The van der Waals surface area contributed by atoms with Crippen LogP contribution in [0.3, 0.4) is 0 Å². The first-order valence-corrected chi connectivity index (χ1v) is 8.89. The molecule has 2 aromatic rings. The number of rotatable bonds is 9. The fourth-order valence-corrected chi connectivity index (χ4v) is 2.49. The Bertz CT molecular complexity index is 687. The normalized spacial score (nSPS) is 11.7. The quantitative estimate of drug-likeness (QED) is 0.680. The summed E-state index contributed by atoms with van der Waals surface area (Å²) in [5.74, 6) is 0.404. The first kappa shape index (κ1) is 19.5. The van der Waals surface area contributed by atoms with Crippen LogP contribution in [0.1, 0.15) is 38.3 Å². The molecular formula is C21H26N2O3. The van der Waals surface area contributed by atoms with Crippen LogP contribution in [0.15, 0.2) is 60.7 Å². The summed E-state index contributed by atoms with van der Waals surface area (Å²) in [4.78, 5) is 24.7.